The van der Waals surface area contributed by atoms with E-state index < -0.39 is 5.25 Å². The number of carbonyl (C=O) groups is 2. The molecule has 0 radical (unpaired) electrons. The van der Waals surface area contributed by atoms with Crippen LogP contribution in [0, 0.1) is 12.7 Å². The molecule has 0 saturated heterocycles. The Morgan fingerprint density at radius 1 is 1.30 bits per heavy atom. The highest BCUT2D eigenvalue weighted by Gasteiger charge is 2.16. The van der Waals surface area contributed by atoms with Crippen molar-refractivity contribution in [3.05, 3.63) is 41.9 Å². The molecule has 0 aliphatic rings. The first kappa shape index (κ1) is 17.0. The Bertz CT molecular complexity index is 688. The van der Waals surface area contributed by atoms with Crippen LogP contribution in [0.15, 0.2) is 34.9 Å². The molecule has 0 spiro atoms. The van der Waals surface area contributed by atoms with Gasteiger partial charge in [0.05, 0.1) is 11.0 Å². The third kappa shape index (κ3) is 5.41. The van der Waals surface area contributed by atoms with E-state index in [4.69, 9.17) is 4.52 Å². The van der Waals surface area contributed by atoms with E-state index in [2.05, 4.69) is 15.8 Å². The average Bonchev–Trinajstić information content (AvgIpc) is 2.92. The van der Waals surface area contributed by atoms with Crippen LogP contribution in [0.4, 0.5) is 15.9 Å². The van der Waals surface area contributed by atoms with E-state index in [9.17, 15) is 14.0 Å². The zero-order chi connectivity index (χ0) is 16.8. The molecule has 1 aromatic carbocycles. The van der Waals surface area contributed by atoms with E-state index in [1.807, 2.05) is 0 Å². The van der Waals surface area contributed by atoms with E-state index in [1.54, 1.807) is 19.9 Å². The van der Waals surface area contributed by atoms with E-state index in [0.717, 1.165) is 0 Å². The summed E-state index contributed by atoms with van der Waals surface area (Å²) in [5, 5.41) is 8.47. The van der Waals surface area contributed by atoms with Crippen molar-refractivity contribution in [3.8, 4) is 0 Å². The van der Waals surface area contributed by atoms with Gasteiger partial charge in [0.15, 0.2) is 5.82 Å². The van der Waals surface area contributed by atoms with Crippen LogP contribution < -0.4 is 10.6 Å². The topological polar surface area (TPSA) is 84.2 Å². The molecule has 1 heterocycles. The molecule has 2 amide bonds. The molecular formula is C15H16FN3O3S. The van der Waals surface area contributed by atoms with Gasteiger partial charge in [0.25, 0.3) is 0 Å². The predicted molar refractivity (Wildman–Crippen MR) is 86.8 cm³/mol. The van der Waals surface area contributed by atoms with Crippen LogP contribution in [-0.4, -0.2) is 28.0 Å². The number of halogens is 1. The molecule has 122 valence electrons. The molecule has 0 bridgehead atoms. The third-order valence-electron chi connectivity index (χ3n) is 2.84. The number of hydrogen-bond acceptors (Lipinski definition) is 5. The second-order valence-corrected chi connectivity index (χ2v) is 6.15. The second-order valence-electron chi connectivity index (χ2n) is 4.82. The zero-order valence-corrected chi connectivity index (χ0v) is 13.4. The van der Waals surface area contributed by atoms with Crippen molar-refractivity contribution in [2.75, 3.05) is 16.4 Å². The fourth-order valence-corrected chi connectivity index (χ4v) is 2.34. The molecule has 2 rings (SSSR count). The van der Waals surface area contributed by atoms with Gasteiger partial charge in [0.2, 0.25) is 11.8 Å². The van der Waals surface area contributed by atoms with Crippen molar-refractivity contribution in [2.45, 2.75) is 19.1 Å². The number of hydrogen-bond donors (Lipinski definition) is 2. The SMILES string of the molecule is Cc1cc(NC(=O)C(C)SCC(=O)Nc2ccc(F)cc2)no1. The maximum Gasteiger partial charge on any atom is 0.238 e. The summed E-state index contributed by atoms with van der Waals surface area (Å²) in [5.74, 6) is 0.140. The molecule has 1 unspecified atom stereocenters. The molecule has 0 aliphatic carbocycles. The lowest BCUT2D eigenvalue weighted by Gasteiger charge is -2.10. The van der Waals surface area contributed by atoms with Crippen molar-refractivity contribution in [1.29, 1.82) is 0 Å². The highest BCUT2D eigenvalue weighted by molar-refractivity contribution is 8.01. The van der Waals surface area contributed by atoms with E-state index >= 15 is 0 Å². The minimum Gasteiger partial charge on any atom is -0.360 e. The summed E-state index contributed by atoms with van der Waals surface area (Å²) in [4.78, 5) is 23.7. The number of amides is 2. The summed E-state index contributed by atoms with van der Waals surface area (Å²) in [6.07, 6.45) is 0. The molecule has 23 heavy (non-hydrogen) atoms. The standard InChI is InChI=1S/C15H16FN3O3S/c1-9-7-13(19-22-9)18-15(21)10(2)23-8-14(20)17-12-5-3-11(16)4-6-12/h3-7,10H,8H2,1-2H3,(H,17,20)(H,18,19,21). The van der Waals surface area contributed by atoms with Gasteiger partial charge in [-0.15, -0.1) is 11.8 Å². The molecule has 1 aromatic heterocycles. The maximum absolute atomic E-state index is 12.8. The Morgan fingerprint density at radius 2 is 2.00 bits per heavy atom. The van der Waals surface area contributed by atoms with Gasteiger partial charge >= 0.3 is 0 Å². The smallest absolute Gasteiger partial charge is 0.238 e. The number of rotatable bonds is 6. The van der Waals surface area contributed by atoms with Gasteiger partial charge in [0.1, 0.15) is 11.6 Å². The van der Waals surface area contributed by atoms with Crippen molar-refractivity contribution < 1.29 is 18.5 Å². The fourth-order valence-electron chi connectivity index (χ4n) is 1.66. The van der Waals surface area contributed by atoms with Gasteiger partial charge in [0, 0.05) is 11.8 Å². The number of aryl methyl sites for hydroxylation is 1. The Labute approximate surface area is 136 Å². The van der Waals surface area contributed by atoms with Gasteiger partial charge in [-0.2, -0.15) is 0 Å². The van der Waals surface area contributed by atoms with Crippen molar-refractivity contribution in [3.63, 3.8) is 0 Å². The zero-order valence-electron chi connectivity index (χ0n) is 12.6. The van der Waals surface area contributed by atoms with Gasteiger partial charge in [-0.25, -0.2) is 4.39 Å². The van der Waals surface area contributed by atoms with Crippen molar-refractivity contribution >= 4 is 35.1 Å². The third-order valence-corrected chi connectivity index (χ3v) is 3.98. The number of aromatic nitrogens is 1. The quantitative estimate of drug-likeness (QED) is 0.847. The molecule has 0 saturated carbocycles. The number of thioether (sulfide) groups is 1. The molecular weight excluding hydrogens is 321 g/mol. The Morgan fingerprint density at radius 3 is 2.61 bits per heavy atom. The van der Waals surface area contributed by atoms with E-state index in [0.29, 0.717) is 17.3 Å². The Balaban J connectivity index is 1.76. The molecule has 2 N–H and O–H groups in total. The minimum absolute atomic E-state index is 0.101. The molecule has 8 heteroatoms. The average molecular weight is 337 g/mol. The largest absolute Gasteiger partial charge is 0.360 e. The first-order valence-corrected chi connectivity index (χ1v) is 7.90. The molecule has 0 fully saturated rings. The van der Waals surface area contributed by atoms with Crippen LogP contribution in [0.3, 0.4) is 0 Å². The summed E-state index contributed by atoms with van der Waals surface area (Å²) >= 11 is 1.18. The Kier molecular flexibility index (Phi) is 5.75. The number of benzene rings is 1. The minimum atomic E-state index is -0.439. The van der Waals surface area contributed by atoms with Gasteiger partial charge < -0.3 is 15.2 Å². The van der Waals surface area contributed by atoms with Crippen LogP contribution >= 0.6 is 11.8 Å². The molecule has 6 nitrogen and oxygen atoms in total. The lowest BCUT2D eigenvalue weighted by atomic mass is 10.3. The van der Waals surface area contributed by atoms with Crippen LogP contribution in [0.25, 0.3) is 0 Å². The number of anilines is 2. The first-order valence-electron chi connectivity index (χ1n) is 6.85. The first-order chi connectivity index (χ1) is 10.9. The second kappa shape index (κ2) is 7.77. The number of nitrogens with zero attached hydrogens (tertiary/aromatic N) is 1. The lowest BCUT2D eigenvalue weighted by Crippen LogP contribution is -2.25. The number of carbonyl (C=O) groups excluding carboxylic acids is 2. The highest BCUT2D eigenvalue weighted by atomic mass is 32.2. The predicted octanol–water partition coefficient (Wildman–Crippen LogP) is 2.82. The van der Waals surface area contributed by atoms with E-state index in [-0.39, 0.29) is 23.4 Å². The van der Waals surface area contributed by atoms with Crippen LogP contribution in [0.2, 0.25) is 0 Å². The lowest BCUT2D eigenvalue weighted by molar-refractivity contribution is -0.115. The number of nitrogens with one attached hydrogen (secondary N) is 2. The normalized spacial score (nSPS) is 11.8. The summed E-state index contributed by atoms with van der Waals surface area (Å²) in [6.45, 7) is 3.42. The molecule has 2 aromatic rings. The van der Waals surface area contributed by atoms with Crippen molar-refractivity contribution in [1.82, 2.24) is 5.16 Å². The molecule has 1 atom stereocenters. The summed E-state index contributed by atoms with van der Waals surface area (Å²) in [6, 6.07) is 7.08. The van der Waals surface area contributed by atoms with Crippen LogP contribution in [-0.2, 0) is 9.59 Å². The molecule has 0 aliphatic heterocycles. The monoisotopic (exact) mass is 337 g/mol. The summed E-state index contributed by atoms with van der Waals surface area (Å²) in [5.41, 5.74) is 0.507. The van der Waals surface area contributed by atoms with Crippen LogP contribution in [0.5, 0.6) is 0 Å². The van der Waals surface area contributed by atoms with Crippen molar-refractivity contribution in [2.24, 2.45) is 0 Å². The summed E-state index contributed by atoms with van der Waals surface area (Å²) < 4.78 is 17.6. The van der Waals surface area contributed by atoms with Gasteiger partial charge in [-0.1, -0.05) is 5.16 Å². The highest BCUT2D eigenvalue weighted by Crippen LogP contribution is 2.15. The van der Waals surface area contributed by atoms with E-state index in [1.165, 1.54) is 36.0 Å². The van der Waals surface area contributed by atoms with Gasteiger partial charge in [-0.05, 0) is 38.1 Å². The maximum atomic E-state index is 12.8. The van der Waals surface area contributed by atoms with Gasteiger partial charge in [-0.3, -0.25) is 9.59 Å². The van der Waals surface area contributed by atoms with Crippen LogP contribution in [0.1, 0.15) is 12.7 Å². The fraction of sp³-hybridized carbons (Fsp3) is 0.267. The Hall–Kier alpha value is -2.35. The summed E-state index contributed by atoms with van der Waals surface area (Å²) in [7, 11) is 0.